The summed E-state index contributed by atoms with van der Waals surface area (Å²) in [7, 11) is -4.24. The molecule has 3 N–H and O–H groups in total. The highest BCUT2D eigenvalue weighted by atomic mass is 32.2. The minimum absolute atomic E-state index is 0.180. The van der Waals surface area contributed by atoms with Crippen LogP contribution in [-0.2, 0) is 16.6 Å². The number of benzene rings is 1. The Bertz CT molecular complexity index is 723. The molecule has 0 saturated carbocycles. The van der Waals surface area contributed by atoms with Crippen LogP contribution in [0.1, 0.15) is 5.69 Å². The predicted octanol–water partition coefficient (Wildman–Crippen LogP) is 0.816. The van der Waals surface area contributed by atoms with Crippen LogP contribution in [0, 0.1) is 11.6 Å². The van der Waals surface area contributed by atoms with Crippen molar-refractivity contribution in [1.29, 1.82) is 0 Å². The van der Waals surface area contributed by atoms with Crippen LogP contribution in [0.3, 0.4) is 0 Å². The number of hydrogen-bond acceptors (Lipinski definition) is 5. The van der Waals surface area contributed by atoms with Crippen molar-refractivity contribution in [3.63, 3.8) is 0 Å². The topological polar surface area (TPSA) is 98.0 Å². The molecule has 0 spiro atoms. The monoisotopic (exact) mass is 300 g/mol. The number of anilines is 1. The SMILES string of the molecule is Nc1cc(F)c(F)c(S(=O)(=O)NCc2ccncn2)c1. The summed E-state index contributed by atoms with van der Waals surface area (Å²) in [4.78, 5) is 6.63. The van der Waals surface area contributed by atoms with Crippen LogP contribution >= 0.6 is 0 Å². The molecule has 0 aliphatic heterocycles. The van der Waals surface area contributed by atoms with Crippen molar-refractivity contribution in [3.8, 4) is 0 Å². The Morgan fingerprint density at radius 2 is 2.05 bits per heavy atom. The van der Waals surface area contributed by atoms with E-state index in [0.29, 0.717) is 11.8 Å². The Morgan fingerprint density at radius 1 is 1.30 bits per heavy atom. The van der Waals surface area contributed by atoms with Crippen LogP contribution in [0.5, 0.6) is 0 Å². The first kappa shape index (κ1) is 14.3. The standard InChI is InChI=1S/C11H10F2N4O2S/c12-9-3-7(14)4-10(11(9)13)20(18,19)17-5-8-1-2-15-6-16-8/h1-4,6,17H,5,14H2. The van der Waals surface area contributed by atoms with Gasteiger partial charge in [-0.15, -0.1) is 0 Å². The zero-order chi connectivity index (χ0) is 14.8. The Morgan fingerprint density at radius 3 is 2.70 bits per heavy atom. The molecule has 1 aromatic carbocycles. The second-order valence-corrected chi connectivity index (χ2v) is 5.58. The largest absolute Gasteiger partial charge is 0.399 e. The number of nitrogens with two attached hydrogens (primary N) is 1. The summed E-state index contributed by atoms with van der Waals surface area (Å²) in [5.74, 6) is -2.80. The lowest BCUT2D eigenvalue weighted by atomic mass is 10.3. The lowest BCUT2D eigenvalue weighted by Gasteiger charge is -2.08. The molecule has 0 unspecified atom stereocenters. The molecule has 2 rings (SSSR count). The van der Waals surface area contributed by atoms with E-state index in [-0.39, 0.29) is 12.2 Å². The summed E-state index contributed by atoms with van der Waals surface area (Å²) in [5.41, 5.74) is 5.51. The van der Waals surface area contributed by atoms with Gasteiger partial charge >= 0.3 is 0 Å². The molecule has 20 heavy (non-hydrogen) atoms. The van der Waals surface area contributed by atoms with Crippen molar-refractivity contribution < 1.29 is 17.2 Å². The zero-order valence-electron chi connectivity index (χ0n) is 10.0. The third-order valence-corrected chi connectivity index (χ3v) is 3.79. The Labute approximate surface area is 113 Å². The number of nitrogens with zero attached hydrogens (tertiary/aromatic N) is 2. The summed E-state index contributed by atoms with van der Waals surface area (Å²) < 4.78 is 52.6. The fraction of sp³-hybridized carbons (Fsp3) is 0.0909. The molecule has 2 aromatic rings. The third-order valence-electron chi connectivity index (χ3n) is 2.39. The third kappa shape index (κ3) is 3.06. The van der Waals surface area contributed by atoms with E-state index in [2.05, 4.69) is 14.7 Å². The van der Waals surface area contributed by atoms with E-state index >= 15 is 0 Å². The maximum atomic E-state index is 13.5. The fourth-order valence-corrected chi connectivity index (χ4v) is 2.57. The number of hydrogen-bond donors (Lipinski definition) is 2. The van der Waals surface area contributed by atoms with Crippen LogP contribution in [0.15, 0.2) is 35.6 Å². The molecule has 1 heterocycles. The number of rotatable bonds is 4. The number of sulfonamides is 1. The van der Waals surface area contributed by atoms with Gasteiger partial charge in [-0.05, 0) is 18.2 Å². The first-order valence-electron chi connectivity index (χ1n) is 5.39. The fourth-order valence-electron chi connectivity index (χ4n) is 1.45. The highest BCUT2D eigenvalue weighted by Crippen LogP contribution is 2.21. The van der Waals surface area contributed by atoms with Gasteiger partial charge in [-0.1, -0.05) is 0 Å². The minimum atomic E-state index is -4.24. The van der Waals surface area contributed by atoms with E-state index in [9.17, 15) is 17.2 Å². The van der Waals surface area contributed by atoms with E-state index in [0.717, 1.165) is 6.07 Å². The zero-order valence-corrected chi connectivity index (χ0v) is 10.9. The lowest BCUT2D eigenvalue weighted by molar-refractivity contribution is 0.483. The van der Waals surface area contributed by atoms with E-state index in [4.69, 9.17) is 5.73 Å². The second-order valence-electron chi connectivity index (χ2n) is 3.84. The average Bonchev–Trinajstić information content (AvgIpc) is 2.42. The van der Waals surface area contributed by atoms with Gasteiger partial charge in [0.25, 0.3) is 0 Å². The maximum absolute atomic E-state index is 13.5. The molecule has 0 saturated heterocycles. The Hall–Kier alpha value is -2.13. The summed E-state index contributed by atoms with van der Waals surface area (Å²) >= 11 is 0. The van der Waals surface area contributed by atoms with Crippen molar-refractivity contribution in [1.82, 2.24) is 14.7 Å². The van der Waals surface area contributed by atoms with E-state index < -0.39 is 26.6 Å². The second kappa shape index (κ2) is 5.47. The van der Waals surface area contributed by atoms with Crippen LogP contribution in [-0.4, -0.2) is 18.4 Å². The highest BCUT2D eigenvalue weighted by molar-refractivity contribution is 7.89. The normalized spacial score (nSPS) is 11.5. The summed E-state index contributed by atoms with van der Waals surface area (Å²) in [6.45, 7) is -0.180. The minimum Gasteiger partial charge on any atom is -0.399 e. The van der Waals surface area contributed by atoms with E-state index in [1.54, 1.807) is 0 Å². The predicted molar refractivity (Wildman–Crippen MR) is 66.8 cm³/mol. The average molecular weight is 300 g/mol. The van der Waals surface area contributed by atoms with Gasteiger partial charge in [-0.2, -0.15) is 0 Å². The van der Waals surface area contributed by atoms with Crippen molar-refractivity contribution in [3.05, 3.63) is 48.1 Å². The number of aromatic nitrogens is 2. The molecule has 0 bridgehead atoms. The van der Waals surface area contributed by atoms with Crippen molar-refractivity contribution in [2.45, 2.75) is 11.4 Å². The van der Waals surface area contributed by atoms with E-state index in [1.807, 2.05) is 0 Å². The van der Waals surface area contributed by atoms with Crippen molar-refractivity contribution in [2.24, 2.45) is 0 Å². The van der Waals surface area contributed by atoms with Crippen LogP contribution < -0.4 is 10.5 Å². The van der Waals surface area contributed by atoms with Crippen molar-refractivity contribution >= 4 is 15.7 Å². The molecule has 0 fully saturated rings. The molecule has 6 nitrogen and oxygen atoms in total. The lowest BCUT2D eigenvalue weighted by Crippen LogP contribution is -2.25. The first-order valence-corrected chi connectivity index (χ1v) is 6.87. The maximum Gasteiger partial charge on any atom is 0.244 e. The Balaban J connectivity index is 2.27. The molecule has 0 amide bonds. The van der Waals surface area contributed by atoms with Gasteiger partial charge in [-0.25, -0.2) is 31.9 Å². The van der Waals surface area contributed by atoms with E-state index in [1.165, 1.54) is 18.6 Å². The number of nitrogen functional groups attached to an aromatic ring is 1. The number of nitrogens with one attached hydrogen (secondary N) is 1. The molecule has 0 aliphatic carbocycles. The molecule has 1 aromatic heterocycles. The van der Waals surface area contributed by atoms with Gasteiger partial charge in [0, 0.05) is 11.9 Å². The van der Waals surface area contributed by atoms with Crippen molar-refractivity contribution in [2.75, 3.05) is 5.73 Å². The Kier molecular flexibility index (Phi) is 3.91. The van der Waals surface area contributed by atoms with Gasteiger partial charge in [0.1, 0.15) is 11.2 Å². The van der Waals surface area contributed by atoms with Crippen LogP contribution in [0.25, 0.3) is 0 Å². The van der Waals surface area contributed by atoms with Gasteiger partial charge < -0.3 is 5.73 Å². The molecular weight excluding hydrogens is 290 g/mol. The van der Waals surface area contributed by atoms with Gasteiger partial charge in [-0.3, -0.25) is 0 Å². The van der Waals surface area contributed by atoms with Crippen LogP contribution in [0.2, 0.25) is 0 Å². The smallest absolute Gasteiger partial charge is 0.244 e. The molecular formula is C11H10F2N4O2S. The molecule has 106 valence electrons. The molecule has 0 aliphatic rings. The summed E-state index contributed by atoms with van der Waals surface area (Å²) in [6, 6.07) is 3.04. The van der Waals surface area contributed by atoms with Gasteiger partial charge in [0.2, 0.25) is 10.0 Å². The highest BCUT2D eigenvalue weighted by Gasteiger charge is 2.22. The summed E-state index contributed by atoms with van der Waals surface area (Å²) in [5, 5.41) is 0. The van der Waals surface area contributed by atoms with Gasteiger partial charge in [0.15, 0.2) is 11.6 Å². The molecule has 0 radical (unpaired) electrons. The summed E-state index contributed by atoms with van der Waals surface area (Å²) in [6.07, 6.45) is 2.67. The molecule has 0 atom stereocenters. The number of halogens is 2. The van der Waals surface area contributed by atoms with Gasteiger partial charge in [0.05, 0.1) is 12.2 Å². The quantitative estimate of drug-likeness (QED) is 0.814. The molecule has 9 heteroatoms. The first-order chi connectivity index (χ1) is 9.40. The van der Waals surface area contributed by atoms with Crippen LogP contribution in [0.4, 0.5) is 14.5 Å².